The van der Waals surface area contributed by atoms with Crippen LogP contribution in [0.25, 0.3) is 0 Å². The van der Waals surface area contributed by atoms with Crippen molar-refractivity contribution in [2.45, 2.75) is 19.4 Å². The highest BCUT2D eigenvalue weighted by Gasteiger charge is 2.54. The van der Waals surface area contributed by atoms with Gasteiger partial charge in [0.05, 0.1) is 6.54 Å². The number of nitrogens with zero attached hydrogens (tertiary/aromatic N) is 1. The van der Waals surface area contributed by atoms with E-state index in [9.17, 15) is 14.4 Å². The third-order valence-electron chi connectivity index (χ3n) is 5.65. The summed E-state index contributed by atoms with van der Waals surface area (Å²) >= 11 is 0. The molecule has 1 heterocycles. The first-order chi connectivity index (χ1) is 14.4. The minimum atomic E-state index is -1.36. The maximum Gasteiger partial charge on any atom is 0.325 e. The van der Waals surface area contributed by atoms with E-state index >= 15 is 0 Å². The van der Waals surface area contributed by atoms with Crippen LogP contribution in [0.1, 0.15) is 32.6 Å². The van der Waals surface area contributed by atoms with Crippen molar-refractivity contribution < 1.29 is 14.4 Å². The number of rotatable bonds is 5. The molecule has 0 aromatic heterocycles. The first-order valence-corrected chi connectivity index (χ1v) is 9.79. The van der Waals surface area contributed by atoms with Gasteiger partial charge in [-0.25, -0.2) is 4.79 Å². The number of hydrogen-bond donors (Lipinski definition) is 1. The van der Waals surface area contributed by atoms with E-state index in [2.05, 4.69) is 5.32 Å². The summed E-state index contributed by atoms with van der Waals surface area (Å²) in [6.07, 6.45) is 0. The molecule has 0 radical (unpaired) electrons. The summed E-state index contributed by atoms with van der Waals surface area (Å²) in [5.41, 5.74) is 2.49. The molecule has 0 saturated carbocycles. The Labute approximate surface area is 175 Å². The molecule has 5 nitrogen and oxygen atoms in total. The number of nitrogens with one attached hydrogen (secondary N) is 1. The summed E-state index contributed by atoms with van der Waals surface area (Å²) in [6.45, 7) is 3.58. The van der Waals surface area contributed by atoms with Crippen molar-refractivity contribution in [1.82, 2.24) is 10.2 Å². The quantitative estimate of drug-likeness (QED) is 0.522. The van der Waals surface area contributed by atoms with E-state index in [1.807, 2.05) is 56.3 Å². The van der Waals surface area contributed by atoms with Gasteiger partial charge in [0, 0.05) is 5.56 Å². The van der Waals surface area contributed by atoms with Gasteiger partial charge in [0.15, 0.2) is 11.3 Å². The third kappa shape index (κ3) is 3.18. The smallest absolute Gasteiger partial charge is 0.315 e. The molecule has 5 heteroatoms. The Morgan fingerprint density at radius 1 is 0.833 bits per heavy atom. The van der Waals surface area contributed by atoms with Crippen LogP contribution in [-0.4, -0.2) is 29.2 Å². The Hall–Kier alpha value is -3.73. The van der Waals surface area contributed by atoms with E-state index in [4.69, 9.17) is 0 Å². The summed E-state index contributed by atoms with van der Waals surface area (Å²) in [5.74, 6) is -0.736. The lowest BCUT2D eigenvalue weighted by Crippen LogP contribution is -2.45. The highest BCUT2D eigenvalue weighted by molar-refractivity contribution is 6.13. The summed E-state index contributed by atoms with van der Waals surface area (Å²) in [5, 5.41) is 2.86. The van der Waals surface area contributed by atoms with Gasteiger partial charge in [-0.1, -0.05) is 72.8 Å². The minimum Gasteiger partial charge on any atom is -0.315 e. The number of benzene rings is 3. The fourth-order valence-electron chi connectivity index (χ4n) is 3.80. The van der Waals surface area contributed by atoms with E-state index < -0.39 is 17.5 Å². The lowest BCUT2D eigenvalue weighted by Gasteiger charge is -2.28. The topological polar surface area (TPSA) is 66.5 Å². The minimum absolute atomic E-state index is 0.279. The SMILES string of the molecule is Cc1ccc(C(=O)CN2C(=O)NC(c3ccccc3)(c3ccccc3)C2=O)cc1C. The van der Waals surface area contributed by atoms with Crippen LogP contribution >= 0.6 is 0 Å². The Kier molecular flexibility index (Phi) is 4.96. The lowest BCUT2D eigenvalue weighted by molar-refractivity contribution is -0.129. The van der Waals surface area contributed by atoms with E-state index in [1.165, 1.54) is 0 Å². The monoisotopic (exact) mass is 398 g/mol. The molecule has 0 bridgehead atoms. The highest BCUT2D eigenvalue weighted by Crippen LogP contribution is 2.36. The molecule has 0 spiro atoms. The van der Waals surface area contributed by atoms with Gasteiger partial charge < -0.3 is 5.32 Å². The average Bonchev–Trinajstić information content (AvgIpc) is 3.02. The highest BCUT2D eigenvalue weighted by atomic mass is 16.2. The Balaban J connectivity index is 1.72. The predicted octanol–water partition coefficient (Wildman–Crippen LogP) is 3.98. The second kappa shape index (κ2) is 7.59. The Morgan fingerprint density at radius 2 is 1.40 bits per heavy atom. The fraction of sp³-hybridized carbons (Fsp3) is 0.160. The molecule has 4 rings (SSSR count). The molecular formula is C25H22N2O3. The molecule has 0 unspecified atom stereocenters. The molecule has 1 aliphatic heterocycles. The van der Waals surface area contributed by atoms with Crippen molar-refractivity contribution in [3.63, 3.8) is 0 Å². The zero-order chi connectivity index (χ0) is 21.3. The molecule has 0 atom stereocenters. The van der Waals surface area contributed by atoms with Crippen LogP contribution in [0, 0.1) is 13.8 Å². The second-order valence-corrected chi connectivity index (χ2v) is 7.53. The molecule has 3 amide bonds. The predicted molar refractivity (Wildman–Crippen MR) is 114 cm³/mol. The maximum atomic E-state index is 13.6. The molecule has 150 valence electrons. The molecule has 1 N–H and O–H groups in total. The molecule has 1 fully saturated rings. The van der Waals surface area contributed by atoms with E-state index in [-0.39, 0.29) is 12.3 Å². The molecule has 3 aromatic carbocycles. The number of hydrogen-bond acceptors (Lipinski definition) is 3. The largest absolute Gasteiger partial charge is 0.325 e. The second-order valence-electron chi connectivity index (χ2n) is 7.53. The van der Waals surface area contributed by atoms with Gasteiger partial charge in [-0.2, -0.15) is 0 Å². The summed E-state index contributed by atoms with van der Waals surface area (Å²) in [6, 6.07) is 23.0. The van der Waals surface area contributed by atoms with E-state index in [1.54, 1.807) is 36.4 Å². The van der Waals surface area contributed by atoms with Gasteiger partial charge in [-0.3, -0.25) is 14.5 Å². The molecule has 30 heavy (non-hydrogen) atoms. The summed E-state index contributed by atoms with van der Waals surface area (Å²) in [4.78, 5) is 40.4. The van der Waals surface area contributed by atoms with Crippen molar-refractivity contribution in [2.24, 2.45) is 0 Å². The van der Waals surface area contributed by atoms with Gasteiger partial charge in [0.2, 0.25) is 0 Å². The standard InChI is InChI=1S/C25H22N2O3/c1-17-13-14-19(15-18(17)2)22(28)16-27-23(29)25(26-24(27)30,20-9-5-3-6-10-20)21-11-7-4-8-12-21/h3-15H,16H2,1-2H3,(H,26,30). The number of carbonyl (C=O) groups is 3. The van der Waals surface area contributed by atoms with Crippen molar-refractivity contribution in [3.05, 3.63) is 107 Å². The number of carbonyl (C=O) groups excluding carboxylic acids is 3. The Morgan fingerprint density at radius 3 is 1.93 bits per heavy atom. The van der Waals surface area contributed by atoms with Crippen molar-refractivity contribution in [3.8, 4) is 0 Å². The van der Waals surface area contributed by atoms with Crippen LogP contribution in [0.2, 0.25) is 0 Å². The number of urea groups is 1. The van der Waals surface area contributed by atoms with Crippen molar-refractivity contribution in [1.29, 1.82) is 0 Å². The lowest BCUT2D eigenvalue weighted by atomic mass is 9.82. The van der Waals surface area contributed by atoms with Crippen molar-refractivity contribution >= 4 is 17.7 Å². The van der Waals surface area contributed by atoms with E-state index in [0.29, 0.717) is 16.7 Å². The number of ketones is 1. The van der Waals surface area contributed by atoms with Gasteiger partial charge in [0.25, 0.3) is 5.91 Å². The van der Waals surface area contributed by atoms with Gasteiger partial charge >= 0.3 is 6.03 Å². The number of aryl methyl sites for hydroxylation is 2. The van der Waals surface area contributed by atoms with Crippen molar-refractivity contribution in [2.75, 3.05) is 6.54 Å². The molecule has 3 aromatic rings. The molecule has 1 saturated heterocycles. The Bertz CT molecular complexity index is 1080. The summed E-state index contributed by atoms with van der Waals surface area (Å²) in [7, 11) is 0. The van der Waals surface area contributed by atoms with E-state index in [0.717, 1.165) is 16.0 Å². The summed E-state index contributed by atoms with van der Waals surface area (Å²) < 4.78 is 0. The number of Topliss-reactive ketones (excluding diaryl/α,β-unsaturated/α-hetero) is 1. The van der Waals surface area contributed by atoms with Crippen LogP contribution in [0.15, 0.2) is 78.9 Å². The third-order valence-corrected chi connectivity index (χ3v) is 5.65. The maximum absolute atomic E-state index is 13.6. The zero-order valence-electron chi connectivity index (χ0n) is 16.9. The first-order valence-electron chi connectivity index (χ1n) is 9.79. The van der Waals surface area contributed by atoms with Gasteiger partial charge in [-0.15, -0.1) is 0 Å². The van der Waals surface area contributed by atoms with Crippen LogP contribution in [0.4, 0.5) is 4.79 Å². The number of imide groups is 1. The van der Waals surface area contributed by atoms with Gasteiger partial charge in [0.1, 0.15) is 0 Å². The number of amides is 3. The van der Waals surface area contributed by atoms with Crippen LogP contribution < -0.4 is 5.32 Å². The molecular weight excluding hydrogens is 376 g/mol. The zero-order valence-corrected chi connectivity index (χ0v) is 16.9. The van der Waals surface area contributed by atoms with Crippen LogP contribution in [0.3, 0.4) is 0 Å². The fourth-order valence-corrected chi connectivity index (χ4v) is 3.80. The molecule has 1 aliphatic rings. The van der Waals surface area contributed by atoms with Crippen LogP contribution in [0.5, 0.6) is 0 Å². The van der Waals surface area contributed by atoms with Gasteiger partial charge in [-0.05, 0) is 42.2 Å². The average molecular weight is 398 g/mol. The molecule has 0 aliphatic carbocycles. The van der Waals surface area contributed by atoms with Crippen LogP contribution in [-0.2, 0) is 10.3 Å². The normalized spacial score (nSPS) is 15.2. The first kappa shape index (κ1) is 19.6.